The second-order valence-electron chi connectivity index (χ2n) is 23.4. The van der Waals surface area contributed by atoms with E-state index in [1.165, 1.54) is 205 Å². The summed E-state index contributed by atoms with van der Waals surface area (Å²) in [4.78, 5) is 38.5. The van der Waals surface area contributed by atoms with Crippen LogP contribution in [-0.2, 0) is 28.6 Å². The molecule has 81 heavy (non-hydrogen) atoms. The number of carbonyl (C=O) groups excluding carboxylic acids is 3. The molecule has 0 heterocycles. The van der Waals surface area contributed by atoms with Crippen molar-refractivity contribution in [3.05, 3.63) is 85.1 Å². The van der Waals surface area contributed by atoms with Crippen molar-refractivity contribution in [2.75, 3.05) is 13.2 Å². The van der Waals surface area contributed by atoms with E-state index in [1.54, 1.807) is 0 Å². The third kappa shape index (κ3) is 67.3. The summed E-state index contributed by atoms with van der Waals surface area (Å²) in [5, 5.41) is 0. The molecule has 0 bridgehead atoms. The highest BCUT2D eigenvalue weighted by Crippen LogP contribution is 2.18. The number of rotatable bonds is 64. The van der Waals surface area contributed by atoms with Gasteiger partial charge in [-0.05, 0) is 96.3 Å². The molecule has 0 saturated heterocycles. The zero-order valence-electron chi connectivity index (χ0n) is 53.8. The number of esters is 3. The van der Waals surface area contributed by atoms with Crippen LogP contribution in [0.3, 0.4) is 0 Å². The first-order chi connectivity index (χ1) is 40.0. The second-order valence-corrected chi connectivity index (χ2v) is 23.4. The Balaban J connectivity index is 4.35. The molecule has 1 atom stereocenters. The van der Waals surface area contributed by atoms with Gasteiger partial charge in [-0.15, -0.1) is 0 Å². The quantitative estimate of drug-likeness (QED) is 0.0261. The lowest BCUT2D eigenvalue weighted by atomic mass is 10.0. The molecule has 0 saturated carbocycles. The Labute approximate surface area is 503 Å². The van der Waals surface area contributed by atoms with Crippen molar-refractivity contribution >= 4 is 17.9 Å². The normalized spacial score (nSPS) is 12.6. The Morgan fingerprint density at radius 2 is 0.481 bits per heavy atom. The van der Waals surface area contributed by atoms with E-state index < -0.39 is 6.10 Å². The second kappa shape index (κ2) is 69.1. The third-order valence-corrected chi connectivity index (χ3v) is 15.4. The van der Waals surface area contributed by atoms with Gasteiger partial charge in [-0.2, -0.15) is 0 Å². The van der Waals surface area contributed by atoms with Gasteiger partial charge < -0.3 is 14.2 Å². The topological polar surface area (TPSA) is 78.9 Å². The Hall–Kier alpha value is -3.41. The number of hydrogen-bond acceptors (Lipinski definition) is 6. The summed E-state index contributed by atoms with van der Waals surface area (Å²) < 4.78 is 17.0. The van der Waals surface area contributed by atoms with Gasteiger partial charge in [0.2, 0.25) is 0 Å². The Morgan fingerprint density at radius 1 is 0.259 bits per heavy atom. The van der Waals surface area contributed by atoms with Gasteiger partial charge in [0.05, 0.1) is 0 Å². The average molecular weight is 1130 g/mol. The SMILES string of the molecule is CC/C=C\C/C=C\C/C=C\C/C=C\C/C=C\CCCCCCCCCCCC(=O)OCC(COC(=O)CCCCCCCCC/C=C\C/C=C\CCCCC)OC(=O)CCCCCCCCCCCCCCCCCCCCCCC. The van der Waals surface area contributed by atoms with Crippen molar-refractivity contribution in [2.45, 2.75) is 361 Å². The summed E-state index contributed by atoms with van der Waals surface area (Å²) in [6, 6.07) is 0. The predicted octanol–water partition coefficient (Wildman–Crippen LogP) is 24.2. The molecule has 0 rings (SSSR count). The van der Waals surface area contributed by atoms with Crippen LogP contribution in [0.4, 0.5) is 0 Å². The molecule has 0 N–H and O–H groups in total. The molecule has 6 nitrogen and oxygen atoms in total. The maximum absolute atomic E-state index is 13.0. The summed E-state index contributed by atoms with van der Waals surface area (Å²) in [6.45, 7) is 6.55. The van der Waals surface area contributed by atoms with Crippen molar-refractivity contribution in [1.29, 1.82) is 0 Å². The lowest BCUT2D eigenvalue weighted by Gasteiger charge is -2.18. The average Bonchev–Trinajstić information content (AvgIpc) is 3.47. The molecule has 0 aliphatic rings. The van der Waals surface area contributed by atoms with E-state index >= 15 is 0 Å². The van der Waals surface area contributed by atoms with Gasteiger partial charge in [0, 0.05) is 19.3 Å². The maximum atomic E-state index is 13.0. The Bertz CT molecular complexity index is 1530. The highest BCUT2D eigenvalue weighted by atomic mass is 16.6. The van der Waals surface area contributed by atoms with Crippen molar-refractivity contribution in [3.63, 3.8) is 0 Å². The fourth-order valence-electron chi connectivity index (χ4n) is 10.2. The van der Waals surface area contributed by atoms with Gasteiger partial charge in [0.25, 0.3) is 0 Å². The lowest BCUT2D eigenvalue weighted by molar-refractivity contribution is -0.167. The van der Waals surface area contributed by atoms with Crippen molar-refractivity contribution in [3.8, 4) is 0 Å². The van der Waals surface area contributed by atoms with Crippen molar-refractivity contribution in [1.82, 2.24) is 0 Å². The molecule has 0 aromatic rings. The minimum atomic E-state index is -0.783. The van der Waals surface area contributed by atoms with Gasteiger partial charge >= 0.3 is 17.9 Å². The van der Waals surface area contributed by atoms with Crippen LogP contribution in [0.5, 0.6) is 0 Å². The smallest absolute Gasteiger partial charge is 0.306 e. The highest BCUT2D eigenvalue weighted by molar-refractivity contribution is 5.71. The number of unbranched alkanes of at least 4 members (excludes halogenated alkanes) is 39. The van der Waals surface area contributed by atoms with Crippen LogP contribution in [0.15, 0.2) is 85.1 Å². The molecule has 6 heteroatoms. The highest BCUT2D eigenvalue weighted by Gasteiger charge is 2.19. The van der Waals surface area contributed by atoms with E-state index in [4.69, 9.17) is 14.2 Å². The fourth-order valence-corrected chi connectivity index (χ4v) is 10.2. The standard InChI is InChI=1S/C75H132O6/c1-4-7-10-13-16-19-22-25-28-31-33-35-36-37-38-40-41-44-47-50-53-56-59-62-65-68-74(77)80-71-72(70-79-73(76)67-64-61-58-55-52-49-46-43-30-27-24-21-18-15-12-9-6-3)81-75(78)69-66-63-60-57-54-51-48-45-42-39-34-32-29-26-23-20-17-14-11-8-5-2/h7,10,16,18-19,21,25,27-28,30,33,35,37-38,72H,4-6,8-9,11-15,17,20,22-24,26,29,31-32,34,36,39-71H2,1-3H3/b10-7-,19-16-,21-18-,28-25-,30-27-,35-33-,38-37-. The number of hydrogen-bond donors (Lipinski definition) is 0. The van der Waals surface area contributed by atoms with Crippen LogP contribution in [0.1, 0.15) is 355 Å². The summed E-state index contributed by atoms with van der Waals surface area (Å²) in [6.07, 6.45) is 91.7. The van der Waals surface area contributed by atoms with E-state index in [0.717, 1.165) is 109 Å². The zero-order chi connectivity index (χ0) is 58.5. The van der Waals surface area contributed by atoms with Crippen molar-refractivity contribution in [2.24, 2.45) is 0 Å². The van der Waals surface area contributed by atoms with E-state index in [-0.39, 0.29) is 31.1 Å². The molecular weight excluding hydrogens is 997 g/mol. The summed E-state index contributed by atoms with van der Waals surface area (Å²) in [5.74, 6) is -0.871. The molecule has 0 radical (unpaired) electrons. The lowest BCUT2D eigenvalue weighted by Crippen LogP contribution is -2.30. The molecule has 0 aromatic heterocycles. The molecule has 1 unspecified atom stereocenters. The number of ether oxygens (including phenoxy) is 3. The molecule has 0 aromatic carbocycles. The Kier molecular flexibility index (Phi) is 66.2. The number of carbonyl (C=O) groups is 3. The molecule has 0 fully saturated rings. The maximum Gasteiger partial charge on any atom is 0.306 e. The molecule has 0 aliphatic heterocycles. The molecular formula is C75H132O6. The molecule has 0 aliphatic carbocycles. The van der Waals surface area contributed by atoms with Gasteiger partial charge in [-0.3, -0.25) is 14.4 Å². The monoisotopic (exact) mass is 1130 g/mol. The van der Waals surface area contributed by atoms with Crippen LogP contribution >= 0.6 is 0 Å². The van der Waals surface area contributed by atoms with E-state index in [9.17, 15) is 14.4 Å². The van der Waals surface area contributed by atoms with Crippen molar-refractivity contribution < 1.29 is 28.6 Å². The first kappa shape index (κ1) is 77.6. The number of allylic oxidation sites excluding steroid dienone is 14. The Morgan fingerprint density at radius 3 is 0.778 bits per heavy atom. The van der Waals surface area contributed by atoms with Gasteiger partial charge in [-0.1, -0.05) is 324 Å². The van der Waals surface area contributed by atoms with E-state index in [1.807, 2.05) is 0 Å². The largest absolute Gasteiger partial charge is 0.462 e. The first-order valence-electron chi connectivity index (χ1n) is 35.1. The third-order valence-electron chi connectivity index (χ3n) is 15.4. The van der Waals surface area contributed by atoms with Crippen LogP contribution in [-0.4, -0.2) is 37.2 Å². The van der Waals surface area contributed by atoms with Crippen LogP contribution < -0.4 is 0 Å². The first-order valence-corrected chi connectivity index (χ1v) is 35.1. The zero-order valence-corrected chi connectivity index (χ0v) is 53.8. The summed E-state index contributed by atoms with van der Waals surface area (Å²) in [5.41, 5.74) is 0. The van der Waals surface area contributed by atoms with Crippen LogP contribution in [0, 0.1) is 0 Å². The van der Waals surface area contributed by atoms with Gasteiger partial charge in [-0.25, -0.2) is 0 Å². The van der Waals surface area contributed by atoms with Crippen LogP contribution in [0.2, 0.25) is 0 Å². The summed E-state index contributed by atoms with van der Waals surface area (Å²) >= 11 is 0. The molecule has 0 amide bonds. The summed E-state index contributed by atoms with van der Waals surface area (Å²) in [7, 11) is 0. The minimum Gasteiger partial charge on any atom is -0.462 e. The molecule has 0 spiro atoms. The molecule has 468 valence electrons. The minimum absolute atomic E-state index is 0.0791. The van der Waals surface area contributed by atoms with Crippen LogP contribution in [0.25, 0.3) is 0 Å². The van der Waals surface area contributed by atoms with E-state index in [2.05, 4.69) is 106 Å². The van der Waals surface area contributed by atoms with Gasteiger partial charge in [0.15, 0.2) is 6.10 Å². The predicted molar refractivity (Wildman–Crippen MR) is 353 cm³/mol. The fraction of sp³-hybridized carbons (Fsp3) is 0.773. The van der Waals surface area contributed by atoms with E-state index in [0.29, 0.717) is 19.3 Å². The van der Waals surface area contributed by atoms with Gasteiger partial charge in [0.1, 0.15) is 13.2 Å².